The lowest BCUT2D eigenvalue weighted by Gasteiger charge is -2.14. The van der Waals surface area contributed by atoms with Gasteiger partial charge in [-0.25, -0.2) is 0 Å². The number of aromatic amines is 1. The third-order valence-electron chi connectivity index (χ3n) is 3.27. The second-order valence-electron chi connectivity index (χ2n) is 4.41. The summed E-state index contributed by atoms with van der Waals surface area (Å²) < 4.78 is 5.37. The molecule has 2 aromatic rings. The number of nitrogens with two attached hydrogens (primary N) is 1. The van der Waals surface area contributed by atoms with E-state index in [1.165, 1.54) is 0 Å². The smallest absolute Gasteiger partial charge is 0.271 e. The molecule has 0 bridgehead atoms. The number of nitrogens with zero attached hydrogens (tertiary/aromatic N) is 2. The molecule has 0 aliphatic carbocycles. The number of primary amides is 1. The molecule has 0 radical (unpaired) electrons. The van der Waals surface area contributed by atoms with E-state index in [1.807, 2.05) is 26.8 Å². The van der Waals surface area contributed by atoms with Crippen LogP contribution in [-0.4, -0.2) is 28.4 Å². The number of methoxy groups -OCH3 is 1. The fourth-order valence-corrected chi connectivity index (χ4v) is 2.21. The van der Waals surface area contributed by atoms with Gasteiger partial charge in [0.2, 0.25) is 0 Å². The molecule has 0 aliphatic heterocycles. The van der Waals surface area contributed by atoms with Gasteiger partial charge in [-0.05, 0) is 43.5 Å². The maximum atomic E-state index is 11.3. The summed E-state index contributed by atoms with van der Waals surface area (Å²) in [5.74, 6) is 0.236. The first-order chi connectivity index (χ1) is 8.97. The molecule has 0 saturated carbocycles. The minimum atomic E-state index is -0.603. The highest BCUT2D eigenvalue weighted by atomic mass is 16.5. The van der Waals surface area contributed by atoms with Crippen molar-refractivity contribution in [1.82, 2.24) is 15.4 Å². The molecule has 19 heavy (non-hydrogen) atoms. The molecule has 100 valence electrons. The number of aromatic nitrogens is 3. The van der Waals surface area contributed by atoms with Gasteiger partial charge in [-0.2, -0.15) is 15.4 Å². The molecule has 0 aliphatic rings. The first kappa shape index (κ1) is 13.1. The van der Waals surface area contributed by atoms with E-state index in [2.05, 4.69) is 15.4 Å². The molecule has 0 spiro atoms. The number of hydrogen-bond acceptors (Lipinski definition) is 4. The van der Waals surface area contributed by atoms with Crippen molar-refractivity contribution in [2.75, 3.05) is 7.11 Å². The average molecular weight is 260 g/mol. The molecular formula is C13H16N4O2. The first-order valence-corrected chi connectivity index (χ1v) is 5.83. The lowest BCUT2D eigenvalue weighted by Crippen LogP contribution is -2.13. The van der Waals surface area contributed by atoms with E-state index >= 15 is 0 Å². The predicted octanol–water partition coefficient (Wildman–Crippen LogP) is 1.50. The summed E-state index contributed by atoms with van der Waals surface area (Å²) in [5, 5.41) is 10.3. The van der Waals surface area contributed by atoms with Gasteiger partial charge in [0.1, 0.15) is 11.4 Å². The summed E-state index contributed by atoms with van der Waals surface area (Å²) in [4.78, 5) is 11.3. The van der Waals surface area contributed by atoms with Gasteiger partial charge in [-0.15, -0.1) is 0 Å². The summed E-state index contributed by atoms with van der Waals surface area (Å²) in [6, 6.07) is 1.92. The van der Waals surface area contributed by atoms with Gasteiger partial charge >= 0.3 is 0 Å². The van der Waals surface area contributed by atoms with Crippen LogP contribution < -0.4 is 10.5 Å². The van der Waals surface area contributed by atoms with Crippen molar-refractivity contribution >= 4 is 5.91 Å². The Hall–Kier alpha value is -2.37. The Morgan fingerprint density at radius 2 is 1.95 bits per heavy atom. The van der Waals surface area contributed by atoms with Gasteiger partial charge in [-0.3, -0.25) is 4.79 Å². The maximum absolute atomic E-state index is 11.3. The van der Waals surface area contributed by atoms with E-state index in [0.717, 1.165) is 28.0 Å². The summed E-state index contributed by atoms with van der Waals surface area (Å²) in [7, 11) is 1.64. The van der Waals surface area contributed by atoms with E-state index < -0.39 is 5.91 Å². The number of carbonyl (C=O) groups excluding carboxylic acids is 1. The summed E-state index contributed by atoms with van der Waals surface area (Å²) in [6.07, 6.45) is 0. The van der Waals surface area contributed by atoms with E-state index in [1.54, 1.807) is 7.11 Å². The van der Waals surface area contributed by atoms with E-state index in [-0.39, 0.29) is 5.69 Å². The maximum Gasteiger partial charge on any atom is 0.271 e. The normalized spacial score (nSPS) is 10.5. The molecule has 0 fully saturated rings. The van der Waals surface area contributed by atoms with Crippen LogP contribution in [0.5, 0.6) is 5.75 Å². The second kappa shape index (κ2) is 4.72. The highest BCUT2D eigenvalue weighted by molar-refractivity contribution is 5.97. The minimum Gasteiger partial charge on any atom is -0.496 e. The fraction of sp³-hybridized carbons (Fsp3) is 0.308. The van der Waals surface area contributed by atoms with Crippen molar-refractivity contribution in [3.8, 4) is 17.0 Å². The standard InChI is InChI=1S/C13H16N4O2/c1-6-5-9(7(2)8(3)12(6)19-4)10-11(13(14)18)16-17-15-10/h5H,1-4H3,(H2,14,18)(H,15,16,17). The Bertz CT molecular complexity index is 646. The van der Waals surface area contributed by atoms with E-state index in [0.29, 0.717) is 5.69 Å². The Kier molecular flexibility index (Phi) is 3.25. The highest BCUT2D eigenvalue weighted by Gasteiger charge is 2.19. The number of nitrogens with one attached hydrogen (secondary N) is 1. The summed E-state index contributed by atoms with van der Waals surface area (Å²) in [6.45, 7) is 5.86. The summed E-state index contributed by atoms with van der Waals surface area (Å²) >= 11 is 0. The molecular weight excluding hydrogens is 244 g/mol. The minimum absolute atomic E-state index is 0.145. The zero-order valence-electron chi connectivity index (χ0n) is 11.4. The first-order valence-electron chi connectivity index (χ1n) is 5.83. The molecule has 0 atom stereocenters. The molecule has 6 heteroatoms. The number of hydrogen-bond donors (Lipinski definition) is 2. The third-order valence-corrected chi connectivity index (χ3v) is 3.27. The Labute approximate surface area is 111 Å². The lowest BCUT2D eigenvalue weighted by atomic mass is 9.95. The zero-order valence-corrected chi connectivity index (χ0v) is 11.4. The SMILES string of the molecule is COc1c(C)cc(-c2n[nH]nc2C(N)=O)c(C)c1C. The van der Waals surface area contributed by atoms with Crippen molar-refractivity contribution < 1.29 is 9.53 Å². The van der Waals surface area contributed by atoms with Gasteiger partial charge in [0.05, 0.1) is 7.11 Å². The molecule has 1 amide bonds. The number of H-pyrrole nitrogens is 1. The molecule has 1 heterocycles. The van der Waals surface area contributed by atoms with Crippen LogP contribution >= 0.6 is 0 Å². The Balaban J connectivity index is 2.70. The molecule has 1 aromatic carbocycles. The van der Waals surface area contributed by atoms with Crippen molar-refractivity contribution in [3.63, 3.8) is 0 Å². The van der Waals surface area contributed by atoms with Crippen molar-refractivity contribution in [2.24, 2.45) is 5.73 Å². The van der Waals surface area contributed by atoms with E-state index in [9.17, 15) is 4.79 Å². The van der Waals surface area contributed by atoms with Crippen LogP contribution in [0.2, 0.25) is 0 Å². The topological polar surface area (TPSA) is 93.9 Å². The molecule has 0 unspecified atom stereocenters. The monoisotopic (exact) mass is 260 g/mol. The second-order valence-corrected chi connectivity index (χ2v) is 4.41. The van der Waals surface area contributed by atoms with Gasteiger partial charge in [0, 0.05) is 5.56 Å². The van der Waals surface area contributed by atoms with Gasteiger partial charge in [-0.1, -0.05) is 0 Å². The number of amides is 1. The van der Waals surface area contributed by atoms with Gasteiger partial charge in [0.15, 0.2) is 5.69 Å². The van der Waals surface area contributed by atoms with Crippen molar-refractivity contribution in [1.29, 1.82) is 0 Å². The van der Waals surface area contributed by atoms with Crippen molar-refractivity contribution in [3.05, 3.63) is 28.5 Å². The highest BCUT2D eigenvalue weighted by Crippen LogP contribution is 2.34. The largest absolute Gasteiger partial charge is 0.496 e. The van der Waals surface area contributed by atoms with Crippen LogP contribution in [0.15, 0.2) is 6.07 Å². The average Bonchev–Trinajstić information content (AvgIpc) is 2.83. The zero-order chi connectivity index (χ0) is 14.2. The number of carbonyl (C=O) groups is 1. The fourth-order valence-electron chi connectivity index (χ4n) is 2.21. The number of rotatable bonds is 3. The number of ether oxygens (including phenoxy) is 1. The predicted molar refractivity (Wildman–Crippen MR) is 71.1 cm³/mol. The molecule has 3 N–H and O–H groups in total. The Morgan fingerprint density at radius 3 is 2.53 bits per heavy atom. The molecule has 2 rings (SSSR count). The summed E-state index contributed by atoms with van der Waals surface area (Å²) in [5.41, 5.74) is 9.71. The number of aryl methyl sites for hydroxylation is 1. The molecule has 1 aromatic heterocycles. The van der Waals surface area contributed by atoms with Crippen LogP contribution in [0.4, 0.5) is 0 Å². The Morgan fingerprint density at radius 1 is 1.26 bits per heavy atom. The van der Waals surface area contributed by atoms with Crippen LogP contribution in [0.25, 0.3) is 11.3 Å². The van der Waals surface area contributed by atoms with E-state index in [4.69, 9.17) is 10.5 Å². The van der Waals surface area contributed by atoms with Gasteiger partial charge in [0.25, 0.3) is 5.91 Å². The number of benzene rings is 1. The molecule has 6 nitrogen and oxygen atoms in total. The lowest BCUT2D eigenvalue weighted by molar-refractivity contribution is 0.0996. The van der Waals surface area contributed by atoms with Crippen molar-refractivity contribution in [2.45, 2.75) is 20.8 Å². The van der Waals surface area contributed by atoms with Crippen LogP contribution in [0, 0.1) is 20.8 Å². The van der Waals surface area contributed by atoms with Crippen LogP contribution in [-0.2, 0) is 0 Å². The quantitative estimate of drug-likeness (QED) is 0.874. The molecule has 0 saturated heterocycles. The van der Waals surface area contributed by atoms with Crippen LogP contribution in [0.1, 0.15) is 27.2 Å². The third kappa shape index (κ3) is 2.05. The van der Waals surface area contributed by atoms with Crippen LogP contribution in [0.3, 0.4) is 0 Å². The van der Waals surface area contributed by atoms with Gasteiger partial charge < -0.3 is 10.5 Å².